The molecule has 1 aliphatic rings. The van der Waals surface area contributed by atoms with Crippen LogP contribution in [0.4, 0.5) is 0 Å². The van der Waals surface area contributed by atoms with Crippen LogP contribution in [0.3, 0.4) is 0 Å². The molecule has 3 rings (SSSR count). The first-order chi connectivity index (χ1) is 11.5. The molecule has 128 valence electrons. The molecule has 1 aliphatic carbocycles. The number of methoxy groups -OCH3 is 2. The number of nitrogens with zero attached hydrogens (tertiary/aromatic N) is 2. The fourth-order valence-electron chi connectivity index (χ4n) is 2.42. The van der Waals surface area contributed by atoms with E-state index in [1.807, 2.05) is 0 Å². The predicted molar refractivity (Wildman–Crippen MR) is 91.6 cm³/mol. The summed E-state index contributed by atoms with van der Waals surface area (Å²) in [6, 6.07) is 3.55. The van der Waals surface area contributed by atoms with Gasteiger partial charge in [0.05, 0.1) is 25.8 Å². The molecule has 0 unspecified atom stereocenters. The summed E-state index contributed by atoms with van der Waals surface area (Å²) in [5, 5.41) is 4.62. The zero-order valence-electron chi connectivity index (χ0n) is 13.8. The van der Waals surface area contributed by atoms with Crippen LogP contribution in [0.2, 0.25) is 5.02 Å². The normalized spacial score (nSPS) is 15.7. The van der Waals surface area contributed by atoms with E-state index in [0.29, 0.717) is 28.6 Å². The average Bonchev–Trinajstić information content (AvgIpc) is 3.19. The lowest BCUT2D eigenvalue weighted by atomic mass is 10.1. The highest BCUT2D eigenvalue weighted by Gasteiger charge is 2.38. The lowest BCUT2D eigenvalue weighted by Crippen LogP contribution is -2.20. The van der Waals surface area contributed by atoms with Crippen LogP contribution in [0.5, 0.6) is 11.5 Å². The Balaban J connectivity index is 1.83. The minimum absolute atomic E-state index is 0.175. The van der Waals surface area contributed by atoms with E-state index in [4.69, 9.17) is 25.5 Å². The van der Waals surface area contributed by atoms with E-state index < -0.39 is 5.76 Å². The molecule has 0 aliphatic heterocycles. The Morgan fingerprint density at radius 2 is 2.08 bits per heavy atom. The van der Waals surface area contributed by atoms with Gasteiger partial charge in [0.15, 0.2) is 11.5 Å². The second-order valence-corrected chi connectivity index (χ2v) is 6.59. The number of hydrogen-bond donors (Lipinski definition) is 0. The Bertz CT molecular complexity index is 834. The molecule has 7 heteroatoms. The standard InChI is InChI=1S/C17H19ClN2O4/c1-17(8-9-17)10-20-16(21)24-13(19-20)7-5-11-4-6-12(22-2)15(23-3)14(11)18/h4-7H,8-10H2,1-3H3. The third kappa shape index (κ3) is 3.33. The first kappa shape index (κ1) is 16.6. The number of rotatable bonds is 6. The van der Waals surface area contributed by atoms with Gasteiger partial charge < -0.3 is 13.9 Å². The van der Waals surface area contributed by atoms with Crippen molar-refractivity contribution in [3.05, 3.63) is 39.2 Å². The summed E-state index contributed by atoms with van der Waals surface area (Å²) >= 11 is 6.32. The highest BCUT2D eigenvalue weighted by atomic mass is 35.5. The minimum atomic E-state index is -0.443. The maximum atomic E-state index is 11.8. The quantitative estimate of drug-likeness (QED) is 0.798. The van der Waals surface area contributed by atoms with Crippen LogP contribution in [-0.4, -0.2) is 24.0 Å². The molecular weight excluding hydrogens is 332 g/mol. The molecule has 24 heavy (non-hydrogen) atoms. The van der Waals surface area contributed by atoms with Crippen LogP contribution in [-0.2, 0) is 6.54 Å². The van der Waals surface area contributed by atoms with Crippen LogP contribution in [0.25, 0.3) is 12.2 Å². The van der Waals surface area contributed by atoms with Crippen LogP contribution < -0.4 is 15.2 Å². The molecule has 0 amide bonds. The van der Waals surface area contributed by atoms with E-state index in [2.05, 4.69) is 12.0 Å². The van der Waals surface area contributed by atoms with Gasteiger partial charge in [-0.1, -0.05) is 18.5 Å². The molecular formula is C17H19ClN2O4. The van der Waals surface area contributed by atoms with Crippen molar-refractivity contribution in [3.8, 4) is 11.5 Å². The summed E-state index contributed by atoms with van der Waals surface area (Å²) < 4.78 is 17.0. The third-order valence-electron chi connectivity index (χ3n) is 4.18. The molecule has 0 radical (unpaired) electrons. The van der Waals surface area contributed by atoms with Crippen molar-refractivity contribution in [3.63, 3.8) is 0 Å². The Morgan fingerprint density at radius 3 is 2.71 bits per heavy atom. The number of ether oxygens (including phenoxy) is 2. The van der Waals surface area contributed by atoms with Gasteiger partial charge in [-0.25, -0.2) is 4.79 Å². The fraction of sp³-hybridized carbons (Fsp3) is 0.412. The molecule has 2 aromatic rings. The lowest BCUT2D eigenvalue weighted by Gasteiger charge is -2.10. The largest absolute Gasteiger partial charge is 0.493 e. The summed E-state index contributed by atoms with van der Waals surface area (Å²) in [7, 11) is 3.07. The molecule has 0 spiro atoms. The van der Waals surface area contributed by atoms with E-state index in [9.17, 15) is 4.79 Å². The minimum Gasteiger partial charge on any atom is -0.493 e. The van der Waals surface area contributed by atoms with Crippen molar-refractivity contribution in [1.29, 1.82) is 0 Å². The first-order valence-electron chi connectivity index (χ1n) is 7.62. The van der Waals surface area contributed by atoms with Crippen LogP contribution in [0.15, 0.2) is 21.3 Å². The van der Waals surface area contributed by atoms with Crippen molar-refractivity contribution in [1.82, 2.24) is 9.78 Å². The van der Waals surface area contributed by atoms with Crippen LogP contribution in [0.1, 0.15) is 31.2 Å². The van der Waals surface area contributed by atoms with Gasteiger partial charge in [-0.2, -0.15) is 4.68 Å². The van der Waals surface area contributed by atoms with Crippen molar-refractivity contribution in [2.75, 3.05) is 14.2 Å². The van der Waals surface area contributed by atoms with Crippen molar-refractivity contribution < 1.29 is 13.9 Å². The van der Waals surface area contributed by atoms with Gasteiger partial charge in [0.2, 0.25) is 5.89 Å². The van der Waals surface area contributed by atoms with Crippen LogP contribution in [0, 0.1) is 5.41 Å². The predicted octanol–water partition coefficient (Wildman–Crippen LogP) is 3.48. The van der Waals surface area contributed by atoms with Gasteiger partial charge in [0, 0.05) is 6.08 Å². The van der Waals surface area contributed by atoms with Gasteiger partial charge in [-0.15, -0.1) is 5.10 Å². The number of aromatic nitrogens is 2. The fourth-order valence-corrected chi connectivity index (χ4v) is 2.71. The van der Waals surface area contributed by atoms with E-state index in [1.165, 1.54) is 11.8 Å². The van der Waals surface area contributed by atoms with Gasteiger partial charge in [-0.05, 0) is 42.0 Å². The maximum Gasteiger partial charge on any atom is 0.437 e. The molecule has 6 nitrogen and oxygen atoms in total. The van der Waals surface area contributed by atoms with Crippen molar-refractivity contribution >= 4 is 23.8 Å². The highest BCUT2D eigenvalue weighted by molar-refractivity contribution is 6.33. The van der Waals surface area contributed by atoms with E-state index in [-0.39, 0.29) is 11.3 Å². The van der Waals surface area contributed by atoms with Gasteiger partial charge in [0.1, 0.15) is 0 Å². The van der Waals surface area contributed by atoms with E-state index in [0.717, 1.165) is 12.8 Å². The van der Waals surface area contributed by atoms with Gasteiger partial charge in [0.25, 0.3) is 0 Å². The Kier molecular flexibility index (Phi) is 4.41. The maximum absolute atomic E-state index is 11.8. The van der Waals surface area contributed by atoms with Gasteiger partial charge >= 0.3 is 5.76 Å². The molecule has 0 N–H and O–H groups in total. The first-order valence-corrected chi connectivity index (χ1v) is 8.00. The third-order valence-corrected chi connectivity index (χ3v) is 4.57. The van der Waals surface area contributed by atoms with Crippen LogP contribution >= 0.6 is 11.6 Å². The monoisotopic (exact) mass is 350 g/mol. The zero-order valence-corrected chi connectivity index (χ0v) is 14.6. The molecule has 1 aromatic carbocycles. The number of hydrogen-bond acceptors (Lipinski definition) is 5. The van der Waals surface area contributed by atoms with Crippen molar-refractivity contribution in [2.24, 2.45) is 5.41 Å². The van der Waals surface area contributed by atoms with Crippen molar-refractivity contribution in [2.45, 2.75) is 26.3 Å². The summed E-state index contributed by atoms with van der Waals surface area (Å²) in [5.41, 5.74) is 0.884. The summed E-state index contributed by atoms with van der Waals surface area (Å²) in [5.74, 6) is 0.805. The number of benzene rings is 1. The van der Waals surface area contributed by atoms with E-state index in [1.54, 1.807) is 31.4 Å². The highest BCUT2D eigenvalue weighted by Crippen LogP contribution is 2.46. The van der Waals surface area contributed by atoms with E-state index >= 15 is 0 Å². The second kappa shape index (κ2) is 6.36. The molecule has 1 saturated carbocycles. The average molecular weight is 351 g/mol. The summed E-state index contributed by atoms with van der Waals surface area (Å²) in [6.45, 7) is 2.72. The SMILES string of the molecule is COc1ccc(C=Cc2nn(CC3(C)CC3)c(=O)o2)c(Cl)c1OC. The molecule has 0 atom stereocenters. The molecule has 0 bridgehead atoms. The molecule has 1 aromatic heterocycles. The Morgan fingerprint density at radius 1 is 1.33 bits per heavy atom. The number of halogens is 1. The lowest BCUT2D eigenvalue weighted by molar-refractivity contribution is 0.355. The summed E-state index contributed by atoms with van der Waals surface area (Å²) in [6.07, 6.45) is 5.55. The molecule has 1 heterocycles. The smallest absolute Gasteiger partial charge is 0.437 e. The molecule has 1 fully saturated rings. The Labute approximate surface area is 144 Å². The topological polar surface area (TPSA) is 66.5 Å². The Hall–Kier alpha value is -2.21. The van der Waals surface area contributed by atoms with Gasteiger partial charge in [-0.3, -0.25) is 0 Å². The second-order valence-electron chi connectivity index (χ2n) is 6.21. The molecule has 0 saturated heterocycles. The zero-order chi connectivity index (χ0) is 17.3. The summed E-state index contributed by atoms with van der Waals surface area (Å²) in [4.78, 5) is 11.8.